The molecule has 6 heteroatoms. The monoisotopic (exact) mass is 426 g/mol. The average molecular weight is 427 g/mol. The third-order valence-corrected chi connectivity index (χ3v) is 6.78. The van der Waals surface area contributed by atoms with Gasteiger partial charge in [-0.1, -0.05) is 18.9 Å². The first-order chi connectivity index (χ1) is 15.1. The van der Waals surface area contributed by atoms with Crippen molar-refractivity contribution < 1.29 is 18.7 Å². The zero-order valence-corrected chi connectivity index (χ0v) is 18.4. The van der Waals surface area contributed by atoms with Crippen LogP contribution in [0.1, 0.15) is 37.7 Å². The number of rotatable bonds is 5. The zero-order chi connectivity index (χ0) is 21.8. The first-order valence-electron chi connectivity index (χ1n) is 11.1. The maximum atomic E-state index is 13.9. The van der Waals surface area contributed by atoms with Gasteiger partial charge >= 0.3 is 0 Å². The van der Waals surface area contributed by atoms with E-state index in [-0.39, 0.29) is 11.7 Å². The molecule has 0 atom stereocenters. The molecule has 0 spiro atoms. The fourth-order valence-electron chi connectivity index (χ4n) is 5.07. The highest BCUT2D eigenvalue weighted by Gasteiger charge is 2.45. The van der Waals surface area contributed by atoms with E-state index in [0.29, 0.717) is 18.0 Å². The van der Waals surface area contributed by atoms with E-state index in [1.54, 1.807) is 14.2 Å². The van der Waals surface area contributed by atoms with Gasteiger partial charge in [-0.2, -0.15) is 0 Å². The molecule has 2 aliphatic rings. The van der Waals surface area contributed by atoms with Gasteiger partial charge in [0.15, 0.2) is 11.5 Å². The molecule has 1 heterocycles. The molecule has 0 N–H and O–H groups in total. The Hall–Kier alpha value is -2.76. The van der Waals surface area contributed by atoms with Crippen molar-refractivity contribution in [3.63, 3.8) is 0 Å². The molecule has 2 fully saturated rings. The Balaban J connectivity index is 1.55. The van der Waals surface area contributed by atoms with Gasteiger partial charge in [0.2, 0.25) is 5.91 Å². The van der Waals surface area contributed by atoms with Gasteiger partial charge in [-0.15, -0.1) is 0 Å². The molecule has 4 rings (SSSR count). The Morgan fingerprint density at radius 2 is 1.58 bits per heavy atom. The van der Waals surface area contributed by atoms with Crippen molar-refractivity contribution in [3.8, 4) is 11.5 Å². The number of carbonyl (C=O) groups excluding carboxylic acids is 1. The van der Waals surface area contributed by atoms with E-state index in [0.717, 1.165) is 63.0 Å². The van der Waals surface area contributed by atoms with Crippen LogP contribution in [0.5, 0.6) is 11.5 Å². The smallest absolute Gasteiger partial charge is 0.233 e. The van der Waals surface area contributed by atoms with E-state index in [1.165, 1.54) is 12.1 Å². The van der Waals surface area contributed by atoms with Gasteiger partial charge in [-0.25, -0.2) is 4.39 Å². The molecule has 5 nitrogen and oxygen atoms in total. The molecule has 1 aliphatic heterocycles. The third-order valence-electron chi connectivity index (χ3n) is 6.78. The van der Waals surface area contributed by atoms with E-state index in [1.807, 2.05) is 35.2 Å². The highest BCUT2D eigenvalue weighted by molar-refractivity contribution is 5.89. The fraction of sp³-hybridized carbons (Fsp3) is 0.480. The van der Waals surface area contributed by atoms with Crippen LogP contribution < -0.4 is 14.4 Å². The fourth-order valence-corrected chi connectivity index (χ4v) is 5.07. The van der Waals surface area contributed by atoms with E-state index in [2.05, 4.69) is 4.90 Å². The predicted molar refractivity (Wildman–Crippen MR) is 120 cm³/mol. The second-order valence-electron chi connectivity index (χ2n) is 8.47. The Morgan fingerprint density at radius 1 is 0.871 bits per heavy atom. The summed E-state index contributed by atoms with van der Waals surface area (Å²) >= 11 is 0. The van der Waals surface area contributed by atoms with E-state index < -0.39 is 5.41 Å². The van der Waals surface area contributed by atoms with Crippen LogP contribution in [0.15, 0.2) is 42.5 Å². The van der Waals surface area contributed by atoms with Gasteiger partial charge in [0, 0.05) is 31.9 Å². The standard InChI is InChI=1S/C25H31FN2O3/c1-30-22-11-6-19(18-23(22)31-2)25(12-3-4-13-25)24(29)28-15-5-14-27(16-17-28)21-9-7-20(26)8-10-21/h6-11,18H,3-5,12-17H2,1-2H3. The van der Waals surface area contributed by atoms with E-state index >= 15 is 0 Å². The van der Waals surface area contributed by atoms with Crippen molar-refractivity contribution in [2.75, 3.05) is 45.3 Å². The Kier molecular flexibility index (Phi) is 6.35. The van der Waals surface area contributed by atoms with Crippen molar-refractivity contribution in [3.05, 3.63) is 53.8 Å². The molecule has 0 bridgehead atoms. The summed E-state index contributed by atoms with van der Waals surface area (Å²) in [5.41, 5.74) is 1.53. The second-order valence-corrected chi connectivity index (χ2v) is 8.47. The summed E-state index contributed by atoms with van der Waals surface area (Å²) in [6.45, 7) is 3.02. The molecular weight excluding hydrogens is 395 g/mol. The maximum absolute atomic E-state index is 13.9. The quantitative estimate of drug-likeness (QED) is 0.711. The number of nitrogens with zero attached hydrogens (tertiary/aromatic N) is 2. The molecule has 0 aromatic heterocycles. The SMILES string of the molecule is COc1ccc(C2(C(=O)N3CCCN(c4ccc(F)cc4)CC3)CCCC2)cc1OC. The summed E-state index contributed by atoms with van der Waals surface area (Å²) in [7, 11) is 3.25. The van der Waals surface area contributed by atoms with E-state index in [4.69, 9.17) is 9.47 Å². The first kappa shape index (κ1) is 21.5. The molecule has 1 saturated carbocycles. The van der Waals surface area contributed by atoms with Crippen molar-refractivity contribution in [1.82, 2.24) is 4.90 Å². The molecule has 0 radical (unpaired) electrons. The van der Waals surface area contributed by atoms with Gasteiger partial charge in [0.25, 0.3) is 0 Å². The minimum Gasteiger partial charge on any atom is -0.493 e. The van der Waals surface area contributed by atoms with Gasteiger partial charge in [0.1, 0.15) is 5.82 Å². The number of carbonyl (C=O) groups is 1. The minimum atomic E-state index is -0.495. The first-order valence-corrected chi connectivity index (χ1v) is 11.1. The molecule has 1 saturated heterocycles. The predicted octanol–water partition coefficient (Wildman–Crippen LogP) is 4.39. The molecule has 31 heavy (non-hydrogen) atoms. The van der Waals surface area contributed by atoms with Crippen LogP contribution in [-0.4, -0.2) is 51.2 Å². The molecule has 2 aromatic rings. The lowest BCUT2D eigenvalue weighted by Crippen LogP contribution is -2.47. The maximum Gasteiger partial charge on any atom is 0.233 e. The summed E-state index contributed by atoms with van der Waals surface area (Å²) in [6.07, 6.45) is 4.72. The Morgan fingerprint density at radius 3 is 2.26 bits per heavy atom. The van der Waals surface area contributed by atoms with Gasteiger partial charge in [-0.3, -0.25) is 4.79 Å². The number of benzene rings is 2. The third kappa shape index (κ3) is 4.21. The second kappa shape index (κ2) is 9.16. The van der Waals surface area contributed by atoms with Crippen molar-refractivity contribution in [2.45, 2.75) is 37.5 Å². The van der Waals surface area contributed by atoms with Crippen LogP contribution in [0.4, 0.5) is 10.1 Å². The average Bonchev–Trinajstić information content (AvgIpc) is 3.18. The number of hydrogen-bond acceptors (Lipinski definition) is 4. The number of methoxy groups -OCH3 is 2. The molecule has 166 valence electrons. The molecule has 0 unspecified atom stereocenters. The summed E-state index contributed by atoms with van der Waals surface area (Å²) in [5.74, 6) is 1.33. The van der Waals surface area contributed by atoms with Crippen molar-refractivity contribution in [2.24, 2.45) is 0 Å². The van der Waals surface area contributed by atoms with Gasteiger partial charge in [0.05, 0.1) is 19.6 Å². The number of anilines is 1. The van der Waals surface area contributed by atoms with Crippen LogP contribution >= 0.6 is 0 Å². The van der Waals surface area contributed by atoms with Crippen LogP contribution in [0.25, 0.3) is 0 Å². The van der Waals surface area contributed by atoms with Crippen LogP contribution in [0, 0.1) is 5.82 Å². The summed E-state index contributed by atoms with van der Waals surface area (Å²) in [5, 5.41) is 0. The van der Waals surface area contributed by atoms with Crippen molar-refractivity contribution >= 4 is 11.6 Å². The topological polar surface area (TPSA) is 42.0 Å². The lowest BCUT2D eigenvalue weighted by molar-refractivity contribution is -0.137. The van der Waals surface area contributed by atoms with Crippen molar-refractivity contribution in [1.29, 1.82) is 0 Å². The largest absolute Gasteiger partial charge is 0.493 e. The highest BCUT2D eigenvalue weighted by atomic mass is 19.1. The number of amides is 1. The lowest BCUT2D eigenvalue weighted by Gasteiger charge is -2.35. The minimum absolute atomic E-state index is 0.221. The zero-order valence-electron chi connectivity index (χ0n) is 18.4. The molecular formula is C25H31FN2O3. The van der Waals surface area contributed by atoms with Crippen LogP contribution in [-0.2, 0) is 10.2 Å². The number of hydrogen-bond donors (Lipinski definition) is 0. The molecule has 1 amide bonds. The number of halogens is 1. The molecule has 2 aromatic carbocycles. The van der Waals surface area contributed by atoms with E-state index in [9.17, 15) is 9.18 Å². The Labute approximate surface area is 183 Å². The molecule has 1 aliphatic carbocycles. The van der Waals surface area contributed by atoms with Gasteiger partial charge in [-0.05, 0) is 61.2 Å². The highest BCUT2D eigenvalue weighted by Crippen LogP contribution is 2.45. The summed E-state index contributed by atoms with van der Waals surface area (Å²) < 4.78 is 24.2. The lowest BCUT2D eigenvalue weighted by atomic mass is 9.77. The van der Waals surface area contributed by atoms with Crippen LogP contribution in [0.3, 0.4) is 0 Å². The summed E-state index contributed by atoms with van der Waals surface area (Å²) in [6, 6.07) is 12.5. The Bertz CT molecular complexity index is 909. The number of ether oxygens (including phenoxy) is 2. The van der Waals surface area contributed by atoms with Crippen LogP contribution in [0.2, 0.25) is 0 Å². The summed E-state index contributed by atoms with van der Waals surface area (Å²) in [4.78, 5) is 18.2. The normalized spacial score (nSPS) is 18.5. The van der Waals surface area contributed by atoms with Gasteiger partial charge < -0.3 is 19.3 Å².